The van der Waals surface area contributed by atoms with Gasteiger partial charge >= 0.3 is 0 Å². The van der Waals surface area contributed by atoms with Crippen LogP contribution in [0.2, 0.25) is 18.6 Å². The third-order valence-corrected chi connectivity index (χ3v) is 7.83. The Morgan fingerprint density at radius 2 is 0.625 bits per heavy atom. The Morgan fingerprint density at radius 1 is 0.375 bits per heavy atom. The quantitative estimate of drug-likeness (QED) is 0.151. The molecule has 0 spiro atoms. The van der Waals surface area contributed by atoms with Gasteiger partial charge in [-0.1, -0.05) is 148 Å². The zero-order valence-corrected chi connectivity index (χ0v) is 18.6. The molecule has 0 saturated carbocycles. The molecular weight excluding hydrogens is 304 g/mol. The molecule has 0 saturated heterocycles. The largest absolute Gasteiger partial charge is 0.0711 e. The van der Waals surface area contributed by atoms with E-state index >= 15 is 0 Å². The molecule has 0 N–H and O–H groups in total. The number of rotatable bonds is 20. The predicted octanol–water partition coefficient (Wildman–Crippen LogP) is 9.17. The average Bonchev–Trinajstić information content (AvgIpc) is 2.59. The van der Waals surface area contributed by atoms with Gasteiger partial charge in [0, 0.05) is 8.80 Å². The molecule has 1 radical (unpaired) electrons. The number of hydrogen-bond acceptors (Lipinski definition) is 0. The number of hydrogen-bond donors (Lipinski definition) is 0. The van der Waals surface area contributed by atoms with Gasteiger partial charge < -0.3 is 0 Å². The van der Waals surface area contributed by atoms with E-state index in [1.165, 1.54) is 116 Å². The summed E-state index contributed by atoms with van der Waals surface area (Å²) in [6.07, 6.45) is 26.6. The smallest absolute Gasteiger partial charge is 0.0446 e. The highest BCUT2D eigenvalue weighted by atomic mass is 28.3. The molecular formula is C23H49Si. The Labute approximate surface area is 157 Å². The second-order valence-corrected chi connectivity index (χ2v) is 11.0. The summed E-state index contributed by atoms with van der Waals surface area (Å²) in [5.41, 5.74) is 0. The fourth-order valence-electron chi connectivity index (χ4n) is 3.60. The van der Waals surface area contributed by atoms with Crippen molar-refractivity contribution in [3.05, 3.63) is 0 Å². The maximum absolute atomic E-state index is 2.58. The molecule has 1 heteroatoms. The fourth-order valence-corrected chi connectivity index (χ4v) is 5.56. The van der Waals surface area contributed by atoms with Crippen molar-refractivity contribution in [1.82, 2.24) is 0 Å². The molecule has 0 aliphatic carbocycles. The molecule has 0 aromatic heterocycles. The molecule has 145 valence electrons. The zero-order chi connectivity index (χ0) is 17.7. The highest BCUT2D eigenvalue weighted by molar-refractivity contribution is 6.57. The Kier molecular flexibility index (Phi) is 21.5. The second-order valence-electron chi connectivity index (χ2n) is 8.11. The molecule has 0 atom stereocenters. The Balaban J connectivity index is 3.12. The van der Waals surface area contributed by atoms with Crippen LogP contribution >= 0.6 is 0 Å². The molecule has 0 bridgehead atoms. The van der Waals surface area contributed by atoms with Crippen molar-refractivity contribution in [2.75, 3.05) is 0 Å². The lowest BCUT2D eigenvalue weighted by Gasteiger charge is -2.09. The first-order valence-electron chi connectivity index (χ1n) is 11.6. The van der Waals surface area contributed by atoms with Gasteiger partial charge in [-0.3, -0.25) is 0 Å². The summed E-state index contributed by atoms with van der Waals surface area (Å²) in [6, 6.07) is 3.16. The Morgan fingerprint density at radius 3 is 0.917 bits per heavy atom. The minimum atomic E-state index is 0.00179. The fraction of sp³-hybridized carbons (Fsp3) is 1.00. The predicted molar refractivity (Wildman–Crippen MR) is 116 cm³/mol. The first kappa shape index (κ1) is 24.2. The van der Waals surface area contributed by atoms with Crippen molar-refractivity contribution in [2.24, 2.45) is 0 Å². The van der Waals surface area contributed by atoms with Gasteiger partial charge in [0.05, 0.1) is 0 Å². The molecule has 0 fully saturated rings. The minimum Gasteiger partial charge on any atom is -0.0711 e. The van der Waals surface area contributed by atoms with Gasteiger partial charge in [0.1, 0.15) is 0 Å². The van der Waals surface area contributed by atoms with Crippen LogP contribution in [-0.2, 0) is 0 Å². The third kappa shape index (κ3) is 20.3. The van der Waals surface area contributed by atoms with Crippen molar-refractivity contribution < 1.29 is 0 Å². The first-order valence-corrected chi connectivity index (χ1v) is 14.0. The van der Waals surface area contributed by atoms with Crippen LogP contribution in [0.25, 0.3) is 0 Å². The Hall–Kier alpha value is 0.217. The average molecular weight is 354 g/mol. The normalized spacial score (nSPS) is 11.5. The van der Waals surface area contributed by atoms with Crippen molar-refractivity contribution >= 4 is 8.80 Å². The SMILES string of the molecule is CCCCCCCCCCC[Si](C)CCCCCCCCCCC. The number of unbranched alkanes of at least 4 members (excludes halogenated alkanes) is 16. The van der Waals surface area contributed by atoms with Gasteiger partial charge in [-0.05, 0) is 0 Å². The van der Waals surface area contributed by atoms with Gasteiger partial charge in [-0.2, -0.15) is 0 Å². The molecule has 0 rings (SSSR count). The van der Waals surface area contributed by atoms with E-state index in [1.807, 2.05) is 0 Å². The third-order valence-electron chi connectivity index (χ3n) is 5.41. The van der Waals surface area contributed by atoms with Gasteiger partial charge in [-0.15, -0.1) is 0 Å². The van der Waals surface area contributed by atoms with Crippen LogP contribution in [0.4, 0.5) is 0 Å². The van der Waals surface area contributed by atoms with Crippen molar-refractivity contribution in [3.63, 3.8) is 0 Å². The topological polar surface area (TPSA) is 0 Å². The van der Waals surface area contributed by atoms with Gasteiger partial charge in [0.25, 0.3) is 0 Å². The van der Waals surface area contributed by atoms with Gasteiger partial charge in [0.2, 0.25) is 0 Å². The van der Waals surface area contributed by atoms with Crippen molar-refractivity contribution in [1.29, 1.82) is 0 Å². The molecule has 0 nitrogen and oxygen atoms in total. The molecule has 0 amide bonds. The van der Waals surface area contributed by atoms with E-state index < -0.39 is 0 Å². The Bertz CT molecular complexity index is 192. The van der Waals surface area contributed by atoms with E-state index in [0.717, 1.165) is 0 Å². The van der Waals surface area contributed by atoms with Gasteiger partial charge in [0.15, 0.2) is 0 Å². The highest BCUT2D eigenvalue weighted by Crippen LogP contribution is 2.16. The van der Waals surface area contributed by atoms with Gasteiger partial charge in [-0.25, -0.2) is 0 Å². The highest BCUT2D eigenvalue weighted by Gasteiger charge is 2.04. The maximum Gasteiger partial charge on any atom is 0.0446 e. The maximum atomic E-state index is 2.58. The lowest BCUT2D eigenvalue weighted by atomic mass is 10.1. The second kappa shape index (κ2) is 21.3. The standard InChI is InChI=1S/C23H49Si/c1-4-6-8-10-12-14-16-18-20-22-24(3)23-21-19-17-15-13-11-9-7-5-2/h4-23H2,1-3H3. The van der Waals surface area contributed by atoms with Crippen LogP contribution in [0.1, 0.15) is 129 Å². The van der Waals surface area contributed by atoms with E-state index in [2.05, 4.69) is 20.4 Å². The summed E-state index contributed by atoms with van der Waals surface area (Å²) < 4.78 is 0. The van der Waals surface area contributed by atoms with Crippen LogP contribution in [0, 0.1) is 0 Å². The van der Waals surface area contributed by atoms with Crippen LogP contribution < -0.4 is 0 Å². The summed E-state index contributed by atoms with van der Waals surface area (Å²) in [4.78, 5) is 0. The van der Waals surface area contributed by atoms with Crippen LogP contribution in [0.3, 0.4) is 0 Å². The van der Waals surface area contributed by atoms with Crippen molar-refractivity contribution in [2.45, 2.75) is 148 Å². The lowest BCUT2D eigenvalue weighted by molar-refractivity contribution is 0.569. The molecule has 0 aromatic rings. The summed E-state index contributed by atoms with van der Waals surface area (Å²) in [7, 11) is 0.00179. The van der Waals surface area contributed by atoms with Crippen molar-refractivity contribution in [3.8, 4) is 0 Å². The van der Waals surface area contributed by atoms with E-state index in [-0.39, 0.29) is 8.80 Å². The molecule has 0 aliphatic heterocycles. The van der Waals surface area contributed by atoms with E-state index in [1.54, 1.807) is 12.1 Å². The first-order chi connectivity index (χ1) is 11.8. The monoisotopic (exact) mass is 353 g/mol. The zero-order valence-electron chi connectivity index (χ0n) is 17.6. The van der Waals surface area contributed by atoms with E-state index in [0.29, 0.717) is 0 Å². The summed E-state index contributed by atoms with van der Waals surface area (Å²) in [5, 5.41) is 0. The summed E-state index contributed by atoms with van der Waals surface area (Å²) in [6.45, 7) is 7.19. The molecule has 0 heterocycles. The molecule has 0 unspecified atom stereocenters. The van der Waals surface area contributed by atoms with Crippen LogP contribution in [0.15, 0.2) is 0 Å². The van der Waals surface area contributed by atoms with Crippen LogP contribution in [-0.4, -0.2) is 8.80 Å². The lowest BCUT2D eigenvalue weighted by Crippen LogP contribution is -2.05. The molecule has 0 aliphatic rings. The minimum absolute atomic E-state index is 0.00179. The molecule has 24 heavy (non-hydrogen) atoms. The van der Waals surface area contributed by atoms with Crippen LogP contribution in [0.5, 0.6) is 0 Å². The van der Waals surface area contributed by atoms with E-state index in [9.17, 15) is 0 Å². The van der Waals surface area contributed by atoms with E-state index in [4.69, 9.17) is 0 Å². The summed E-state index contributed by atoms with van der Waals surface area (Å²) >= 11 is 0. The summed E-state index contributed by atoms with van der Waals surface area (Å²) in [5.74, 6) is 0. The molecule has 0 aromatic carbocycles.